The minimum Gasteiger partial charge on any atom is -0.756 e. The maximum atomic E-state index is 12.9. The number of aliphatic hydroxyl groups is 1. The van der Waals surface area contributed by atoms with E-state index in [2.05, 4.69) is 31.3 Å². The largest absolute Gasteiger partial charge is 0.756 e. The molecule has 8 nitrogen and oxygen atoms in total. The Morgan fingerprint density at radius 1 is 0.586 bits per heavy atom. The van der Waals surface area contributed by atoms with Crippen molar-refractivity contribution in [3.8, 4) is 0 Å². The van der Waals surface area contributed by atoms with Crippen LogP contribution < -0.4 is 10.2 Å². The monoisotopic (exact) mass is 841 g/mol. The number of allylic oxidation sites excluding steroid dienone is 3. The van der Waals surface area contributed by atoms with Gasteiger partial charge < -0.3 is 28.8 Å². The summed E-state index contributed by atoms with van der Waals surface area (Å²) in [5, 5.41) is 13.8. The Morgan fingerprint density at radius 3 is 1.34 bits per heavy atom. The van der Waals surface area contributed by atoms with E-state index in [0.717, 1.165) is 38.5 Å². The quantitative estimate of drug-likeness (QED) is 0.0274. The number of nitrogens with one attached hydrogen (secondary N) is 1. The van der Waals surface area contributed by atoms with Crippen LogP contribution in [0.3, 0.4) is 0 Å². The normalized spacial score (nSPS) is 14.4. The molecule has 58 heavy (non-hydrogen) atoms. The van der Waals surface area contributed by atoms with Crippen LogP contribution in [0.1, 0.15) is 232 Å². The molecule has 0 aliphatic heterocycles. The molecule has 344 valence electrons. The lowest BCUT2D eigenvalue weighted by atomic mass is 10.0. The van der Waals surface area contributed by atoms with Crippen molar-refractivity contribution in [2.24, 2.45) is 0 Å². The van der Waals surface area contributed by atoms with Gasteiger partial charge in [0.05, 0.1) is 39.9 Å². The zero-order chi connectivity index (χ0) is 42.8. The molecule has 2 N–H and O–H groups in total. The highest BCUT2D eigenvalue weighted by Crippen LogP contribution is 2.38. The lowest BCUT2D eigenvalue weighted by Gasteiger charge is -2.29. The first-order valence-electron chi connectivity index (χ1n) is 24.7. The van der Waals surface area contributed by atoms with Crippen molar-refractivity contribution < 1.29 is 32.9 Å². The number of rotatable bonds is 45. The number of likely N-dealkylation sites (N-methyl/N-ethyl adjacent to an activating group) is 1. The van der Waals surface area contributed by atoms with E-state index in [0.29, 0.717) is 17.4 Å². The van der Waals surface area contributed by atoms with E-state index in [9.17, 15) is 19.4 Å². The Morgan fingerprint density at radius 2 is 0.948 bits per heavy atom. The highest BCUT2D eigenvalue weighted by atomic mass is 31.2. The van der Waals surface area contributed by atoms with E-state index in [1.165, 1.54) is 173 Å². The summed E-state index contributed by atoms with van der Waals surface area (Å²) in [4.78, 5) is 25.4. The van der Waals surface area contributed by atoms with Gasteiger partial charge in [0.25, 0.3) is 7.82 Å². The molecule has 0 radical (unpaired) electrons. The van der Waals surface area contributed by atoms with E-state index in [1.54, 1.807) is 6.08 Å². The molecule has 0 aromatic carbocycles. The number of unbranched alkanes of at least 4 members (excludes halogenated alkanes) is 30. The van der Waals surface area contributed by atoms with Crippen LogP contribution in [0, 0.1) is 0 Å². The third-order valence-electron chi connectivity index (χ3n) is 11.2. The maximum Gasteiger partial charge on any atom is 0.268 e. The van der Waals surface area contributed by atoms with E-state index in [-0.39, 0.29) is 19.1 Å². The Labute approximate surface area is 360 Å². The second kappa shape index (κ2) is 41.3. The van der Waals surface area contributed by atoms with E-state index >= 15 is 0 Å². The number of hydrogen-bond donors (Lipinski definition) is 2. The van der Waals surface area contributed by atoms with Crippen LogP contribution in [0.4, 0.5) is 0 Å². The highest BCUT2D eigenvalue weighted by Gasteiger charge is 2.23. The van der Waals surface area contributed by atoms with Crippen LogP contribution in [0.5, 0.6) is 0 Å². The van der Waals surface area contributed by atoms with Crippen LogP contribution in [0.15, 0.2) is 24.3 Å². The predicted molar refractivity (Wildman–Crippen MR) is 247 cm³/mol. The van der Waals surface area contributed by atoms with Gasteiger partial charge in [-0.05, 0) is 44.9 Å². The summed E-state index contributed by atoms with van der Waals surface area (Å²) in [5.41, 5.74) is 0. The standard InChI is InChI=1S/C49H97N2O6P/c1-6-8-10-12-14-16-18-20-22-23-24-25-26-27-28-29-31-33-35-37-39-41-43-49(53)50-47(46-57-58(54,55)56-45-44-51(3,4)5)48(52)42-40-38-36-34-32-30-21-19-17-15-13-11-9-7-2/h26-27,40,42,47-48,52H,6-25,28-39,41,43-46H2,1-5H3,(H-,50,53,54,55)/b27-26-,42-40+. The molecule has 0 saturated heterocycles. The van der Waals surface area contributed by atoms with Crippen molar-refractivity contribution >= 4 is 13.7 Å². The van der Waals surface area contributed by atoms with E-state index in [1.807, 2.05) is 27.2 Å². The second-order valence-corrected chi connectivity index (χ2v) is 19.6. The van der Waals surface area contributed by atoms with Gasteiger partial charge in [0, 0.05) is 6.42 Å². The second-order valence-electron chi connectivity index (χ2n) is 18.2. The minimum atomic E-state index is -4.59. The van der Waals surface area contributed by atoms with Crippen LogP contribution in [0.2, 0.25) is 0 Å². The highest BCUT2D eigenvalue weighted by molar-refractivity contribution is 7.45. The molecule has 0 aromatic heterocycles. The zero-order valence-corrected chi connectivity index (χ0v) is 39.9. The molecule has 0 aliphatic rings. The molecule has 0 heterocycles. The van der Waals surface area contributed by atoms with Crippen LogP contribution in [-0.2, 0) is 18.4 Å². The first-order valence-corrected chi connectivity index (χ1v) is 26.2. The number of carbonyl (C=O) groups is 1. The first-order chi connectivity index (χ1) is 28.0. The van der Waals surface area contributed by atoms with Crippen molar-refractivity contribution in [2.75, 3.05) is 40.9 Å². The van der Waals surface area contributed by atoms with Crippen molar-refractivity contribution in [3.63, 3.8) is 0 Å². The first kappa shape index (κ1) is 57.0. The smallest absolute Gasteiger partial charge is 0.268 e. The predicted octanol–water partition coefficient (Wildman–Crippen LogP) is 13.5. The van der Waals surface area contributed by atoms with Gasteiger partial charge in [0.1, 0.15) is 13.2 Å². The molecule has 1 amide bonds. The number of quaternary nitrogens is 1. The van der Waals surface area contributed by atoms with Crippen molar-refractivity contribution in [1.82, 2.24) is 5.32 Å². The third kappa shape index (κ3) is 43.1. The fraction of sp³-hybridized carbons (Fsp3) is 0.898. The van der Waals surface area contributed by atoms with Crippen molar-refractivity contribution in [3.05, 3.63) is 24.3 Å². The summed E-state index contributed by atoms with van der Waals surface area (Å²) in [7, 11) is 1.26. The number of amides is 1. The molecule has 0 rings (SSSR count). The van der Waals surface area contributed by atoms with Gasteiger partial charge in [-0.3, -0.25) is 9.36 Å². The Bertz CT molecular complexity index is 1000. The van der Waals surface area contributed by atoms with Crippen LogP contribution >= 0.6 is 7.82 Å². The summed E-state index contributed by atoms with van der Waals surface area (Å²) < 4.78 is 23.2. The molecular weight excluding hydrogens is 744 g/mol. The fourth-order valence-electron chi connectivity index (χ4n) is 7.21. The van der Waals surface area contributed by atoms with Crippen molar-refractivity contribution in [2.45, 2.75) is 244 Å². The minimum absolute atomic E-state index is 0.000632. The summed E-state index contributed by atoms with van der Waals surface area (Å²) >= 11 is 0. The summed E-state index contributed by atoms with van der Waals surface area (Å²) in [6.07, 6.45) is 49.4. The molecule has 0 aliphatic carbocycles. The Kier molecular flexibility index (Phi) is 40.6. The van der Waals surface area contributed by atoms with Crippen LogP contribution in [0.25, 0.3) is 0 Å². The molecule has 0 aromatic rings. The van der Waals surface area contributed by atoms with Gasteiger partial charge in [-0.15, -0.1) is 0 Å². The molecule has 0 spiro atoms. The lowest BCUT2D eigenvalue weighted by Crippen LogP contribution is -2.45. The molecule has 0 fully saturated rings. The number of aliphatic hydroxyl groups excluding tert-OH is 1. The fourth-order valence-corrected chi connectivity index (χ4v) is 7.93. The molecule has 0 bridgehead atoms. The maximum absolute atomic E-state index is 12.9. The SMILES string of the molecule is CCCCCCCCCCCCC/C=C\CCCCCCCCCC(=O)NC(COP(=O)([O-])OCC[N+](C)(C)C)C(O)/C=C/CCCCCCCCCCCCCC. The van der Waals surface area contributed by atoms with Crippen LogP contribution in [-0.4, -0.2) is 68.5 Å². The van der Waals surface area contributed by atoms with Gasteiger partial charge in [-0.25, -0.2) is 0 Å². The number of nitrogens with zero attached hydrogens (tertiary/aromatic N) is 1. The molecule has 9 heteroatoms. The Balaban J connectivity index is 4.29. The van der Waals surface area contributed by atoms with E-state index < -0.39 is 20.0 Å². The number of hydrogen-bond acceptors (Lipinski definition) is 6. The number of phosphoric ester groups is 1. The third-order valence-corrected chi connectivity index (χ3v) is 12.1. The van der Waals surface area contributed by atoms with E-state index in [4.69, 9.17) is 9.05 Å². The number of carbonyl (C=O) groups excluding carboxylic acids is 1. The lowest BCUT2D eigenvalue weighted by molar-refractivity contribution is -0.870. The molecule has 3 unspecified atom stereocenters. The summed E-state index contributed by atoms with van der Waals surface area (Å²) in [5.74, 6) is -0.200. The van der Waals surface area contributed by atoms with Crippen molar-refractivity contribution in [1.29, 1.82) is 0 Å². The van der Waals surface area contributed by atoms with Gasteiger partial charge in [0.15, 0.2) is 0 Å². The number of phosphoric acid groups is 1. The summed E-state index contributed by atoms with van der Waals surface area (Å²) in [6.45, 7) is 4.66. The van der Waals surface area contributed by atoms with Gasteiger partial charge in [-0.2, -0.15) is 0 Å². The van der Waals surface area contributed by atoms with Gasteiger partial charge >= 0.3 is 0 Å². The zero-order valence-electron chi connectivity index (χ0n) is 39.0. The van der Waals surface area contributed by atoms with Gasteiger partial charge in [0.2, 0.25) is 5.91 Å². The molecule has 0 saturated carbocycles. The molecular formula is C49H97N2O6P. The molecule has 3 atom stereocenters. The summed E-state index contributed by atoms with van der Waals surface area (Å²) in [6, 6.07) is -0.885. The van der Waals surface area contributed by atoms with Gasteiger partial charge in [-0.1, -0.05) is 205 Å². The Hall–Kier alpha value is -1.02. The average molecular weight is 841 g/mol. The topological polar surface area (TPSA) is 108 Å². The average Bonchev–Trinajstić information content (AvgIpc) is 3.17.